The first kappa shape index (κ1) is 13.5. The summed E-state index contributed by atoms with van der Waals surface area (Å²) in [5, 5.41) is 11.9. The predicted octanol–water partition coefficient (Wildman–Crippen LogP) is 2.97. The summed E-state index contributed by atoms with van der Waals surface area (Å²) in [4.78, 5) is 0. The molecule has 0 spiro atoms. The minimum Gasteiger partial charge on any atom is -0.633 e. The van der Waals surface area contributed by atoms with Crippen LogP contribution in [0, 0.1) is 5.21 Å². The number of hydroxylamine groups is 3. The lowest BCUT2D eigenvalue weighted by Gasteiger charge is -2.42. The lowest BCUT2D eigenvalue weighted by atomic mass is 10.2. The van der Waals surface area contributed by atoms with E-state index >= 15 is 0 Å². The summed E-state index contributed by atoms with van der Waals surface area (Å²) >= 11 is 11.2. The number of halogens is 2. The average Bonchev–Trinajstić information content (AvgIpc) is 2.05. The van der Waals surface area contributed by atoms with E-state index in [1.165, 1.54) is 0 Å². The van der Waals surface area contributed by atoms with Gasteiger partial charge < -0.3 is 9.85 Å². The van der Waals surface area contributed by atoms with Crippen LogP contribution < -0.4 is 0 Å². The highest BCUT2D eigenvalue weighted by atomic mass is 35.5. The van der Waals surface area contributed by atoms with E-state index in [1.807, 2.05) is 0 Å². The number of hydrogen-bond donors (Lipinski definition) is 0. The van der Waals surface area contributed by atoms with Gasteiger partial charge in [0.2, 0.25) is 0 Å². The number of quaternary nitrogens is 1. The summed E-state index contributed by atoms with van der Waals surface area (Å²) in [6.07, 6.45) is 3.24. The van der Waals surface area contributed by atoms with Crippen molar-refractivity contribution in [3.63, 3.8) is 0 Å². The van der Waals surface area contributed by atoms with Gasteiger partial charge in [0.1, 0.15) is 0 Å². The lowest BCUT2D eigenvalue weighted by molar-refractivity contribution is -0.876. The Balaban J connectivity index is 3.76. The molecule has 0 heterocycles. The van der Waals surface area contributed by atoms with Crippen LogP contribution in [-0.2, 0) is 0 Å². The first-order chi connectivity index (χ1) is 6.18. The van der Waals surface area contributed by atoms with E-state index in [0.29, 0.717) is 31.4 Å². The number of rotatable bonds is 8. The molecular formula is C9H19Cl2NO. The van der Waals surface area contributed by atoms with Gasteiger partial charge in [-0.15, -0.1) is 23.2 Å². The summed E-state index contributed by atoms with van der Waals surface area (Å²) in [6.45, 7) is 3.76. The molecule has 2 nitrogen and oxygen atoms in total. The van der Waals surface area contributed by atoms with Gasteiger partial charge in [0.25, 0.3) is 0 Å². The van der Waals surface area contributed by atoms with Crippen LogP contribution in [0.5, 0.6) is 0 Å². The highest BCUT2D eigenvalue weighted by molar-refractivity contribution is 6.18. The molecule has 0 bridgehead atoms. The molecular weight excluding hydrogens is 209 g/mol. The third-order valence-corrected chi connectivity index (χ3v) is 2.49. The minimum atomic E-state index is -0.215. The van der Waals surface area contributed by atoms with Crippen molar-refractivity contribution in [2.24, 2.45) is 0 Å². The van der Waals surface area contributed by atoms with E-state index in [1.54, 1.807) is 0 Å². The van der Waals surface area contributed by atoms with Crippen molar-refractivity contribution in [1.82, 2.24) is 0 Å². The van der Waals surface area contributed by atoms with Crippen molar-refractivity contribution < 1.29 is 4.65 Å². The summed E-state index contributed by atoms with van der Waals surface area (Å²) in [5.74, 6) is 0.846. The topological polar surface area (TPSA) is 23.1 Å². The van der Waals surface area contributed by atoms with Crippen molar-refractivity contribution in [2.75, 3.05) is 31.4 Å². The van der Waals surface area contributed by atoms with Crippen molar-refractivity contribution in [3.05, 3.63) is 5.21 Å². The maximum absolute atomic E-state index is 11.9. The molecule has 0 rings (SSSR count). The van der Waals surface area contributed by atoms with Gasteiger partial charge in [0.15, 0.2) is 0 Å². The van der Waals surface area contributed by atoms with Crippen LogP contribution in [-0.4, -0.2) is 36.0 Å². The highest BCUT2D eigenvalue weighted by Gasteiger charge is 2.14. The predicted molar refractivity (Wildman–Crippen MR) is 59.2 cm³/mol. The Morgan fingerprint density at radius 2 is 1.54 bits per heavy atom. The standard InChI is InChI=1S/C9H19Cl2NO/c1-2-3-4-7-12(13,8-5-10)9-6-11/h2-9H2,1H3. The van der Waals surface area contributed by atoms with Crippen molar-refractivity contribution in [1.29, 1.82) is 0 Å². The molecule has 0 aromatic carbocycles. The van der Waals surface area contributed by atoms with Gasteiger partial charge in [0.05, 0.1) is 31.4 Å². The van der Waals surface area contributed by atoms with Crippen molar-refractivity contribution in [3.8, 4) is 0 Å². The molecule has 13 heavy (non-hydrogen) atoms. The quantitative estimate of drug-likeness (QED) is 0.271. The van der Waals surface area contributed by atoms with Crippen LogP contribution in [0.2, 0.25) is 0 Å². The zero-order valence-electron chi connectivity index (χ0n) is 8.27. The Bertz CT molecular complexity index is 116. The second-order valence-corrected chi connectivity index (χ2v) is 4.07. The molecule has 0 unspecified atom stereocenters. The molecule has 0 fully saturated rings. The molecule has 0 radical (unpaired) electrons. The molecule has 0 N–H and O–H groups in total. The fourth-order valence-corrected chi connectivity index (χ4v) is 1.91. The number of unbranched alkanes of at least 4 members (excludes halogenated alkanes) is 2. The number of nitrogens with zero attached hydrogens (tertiary/aromatic N) is 1. The summed E-state index contributed by atoms with van der Waals surface area (Å²) in [7, 11) is 0. The molecule has 0 saturated carbocycles. The monoisotopic (exact) mass is 227 g/mol. The lowest BCUT2D eigenvalue weighted by Crippen LogP contribution is -2.45. The molecule has 0 aliphatic carbocycles. The maximum atomic E-state index is 11.9. The second-order valence-electron chi connectivity index (χ2n) is 3.31. The van der Waals surface area contributed by atoms with Crippen LogP contribution in [0.1, 0.15) is 26.2 Å². The summed E-state index contributed by atoms with van der Waals surface area (Å²) < 4.78 is -0.215. The van der Waals surface area contributed by atoms with E-state index in [4.69, 9.17) is 23.2 Å². The van der Waals surface area contributed by atoms with Crippen LogP contribution >= 0.6 is 23.2 Å². The third kappa shape index (κ3) is 6.55. The molecule has 0 amide bonds. The molecule has 0 saturated heterocycles. The van der Waals surface area contributed by atoms with E-state index in [2.05, 4.69) is 6.92 Å². The smallest absolute Gasteiger partial charge is 0.0921 e. The molecule has 0 aliphatic heterocycles. The molecule has 0 aromatic rings. The highest BCUT2D eigenvalue weighted by Crippen LogP contribution is 2.09. The average molecular weight is 228 g/mol. The fraction of sp³-hybridized carbons (Fsp3) is 1.00. The zero-order chi connectivity index (χ0) is 10.2. The number of hydrogen-bond acceptors (Lipinski definition) is 1. The van der Waals surface area contributed by atoms with E-state index < -0.39 is 0 Å². The second kappa shape index (κ2) is 7.86. The van der Waals surface area contributed by atoms with Crippen LogP contribution in [0.25, 0.3) is 0 Å². The van der Waals surface area contributed by atoms with Gasteiger partial charge in [-0.05, 0) is 12.8 Å². The summed E-state index contributed by atoms with van der Waals surface area (Å²) in [6, 6.07) is 0. The molecule has 4 heteroatoms. The molecule has 0 aliphatic rings. The molecule has 80 valence electrons. The third-order valence-electron chi connectivity index (χ3n) is 2.15. The molecule has 0 aromatic heterocycles. The SMILES string of the molecule is CCCCC[N+]([O-])(CCCl)CCCl. The Labute approximate surface area is 91.0 Å². The minimum absolute atomic E-state index is 0.215. The Morgan fingerprint density at radius 3 is 1.92 bits per heavy atom. The van der Waals surface area contributed by atoms with Gasteiger partial charge in [-0.1, -0.05) is 13.3 Å². The van der Waals surface area contributed by atoms with Crippen molar-refractivity contribution >= 4 is 23.2 Å². The molecule has 0 atom stereocenters. The largest absolute Gasteiger partial charge is 0.633 e. The van der Waals surface area contributed by atoms with Gasteiger partial charge in [-0.3, -0.25) is 0 Å². The van der Waals surface area contributed by atoms with E-state index in [9.17, 15) is 5.21 Å². The Hall–Kier alpha value is 0.500. The Kier molecular flexibility index (Phi) is 8.17. The first-order valence-electron chi connectivity index (χ1n) is 4.87. The first-order valence-corrected chi connectivity index (χ1v) is 5.94. The fourth-order valence-electron chi connectivity index (χ4n) is 1.29. The van der Waals surface area contributed by atoms with E-state index in [0.717, 1.165) is 19.3 Å². The van der Waals surface area contributed by atoms with Crippen LogP contribution in [0.3, 0.4) is 0 Å². The van der Waals surface area contributed by atoms with Crippen LogP contribution in [0.15, 0.2) is 0 Å². The van der Waals surface area contributed by atoms with Crippen LogP contribution in [0.4, 0.5) is 0 Å². The normalized spacial score (nSPS) is 12.0. The van der Waals surface area contributed by atoms with Crippen molar-refractivity contribution in [2.45, 2.75) is 26.2 Å². The van der Waals surface area contributed by atoms with Gasteiger partial charge in [-0.2, -0.15) is 0 Å². The van der Waals surface area contributed by atoms with E-state index in [-0.39, 0.29) is 4.65 Å². The zero-order valence-corrected chi connectivity index (χ0v) is 9.78. The summed E-state index contributed by atoms with van der Waals surface area (Å²) in [5.41, 5.74) is 0. The van der Waals surface area contributed by atoms with Gasteiger partial charge >= 0.3 is 0 Å². The maximum Gasteiger partial charge on any atom is 0.0921 e. The van der Waals surface area contributed by atoms with Gasteiger partial charge in [0, 0.05) is 0 Å². The Morgan fingerprint density at radius 1 is 1.00 bits per heavy atom. The number of alkyl halides is 2. The van der Waals surface area contributed by atoms with Gasteiger partial charge in [-0.25, -0.2) is 0 Å².